The zero-order chi connectivity index (χ0) is 10.9. The van der Waals surface area contributed by atoms with Gasteiger partial charge in [0, 0.05) is 6.04 Å². The van der Waals surface area contributed by atoms with Gasteiger partial charge in [0.05, 0.1) is 5.56 Å². The zero-order valence-corrected chi connectivity index (χ0v) is 9.37. The number of hydrogen-bond acceptors (Lipinski definition) is 1. The van der Waals surface area contributed by atoms with Crippen LogP contribution in [0.1, 0.15) is 30.0 Å². The fourth-order valence-electron chi connectivity index (χ4n) is 1.90. The fraction of sp³-hybridized carbons (Fsp3) is 0.455. The molecule has 2 rings (SSSR count). The molecule has 5 heteroatoms. The molecule has 1 aliphatic rings. The second kappa shape index (κ2) is 5.06. The summed E-state index contributed by atoms with van der Waals surface area (Å²) in [6, 6.07) is 5.66. The van der Waals surface area contributed by atoms with Crippen molar-refractivity contribution in [3.63, 3.8) is 0 Å². The molecule has 0 spiro atoms. The normalized spacial score (nSPS) is 20.6. The number of nitrogens with one attached hydrogen (secondary N) is 1. The average Bonchev–Trinajstić information content (AvgIpc) is 2.69. The first-order valence-electron chi connectivity index (χ1n) is 4.98. The molecular formula is C11H13ClF3N. The average molecular weight is 252 g/mol. The summed E-state index contributed by atoms with van der Waals surface area (Å²) in [4.78, 5) is 0. The summed E-state index contributed by atoms with van der Waals surface area (Å²) in [6.45, 7) is 0.890. The quantitative estimate of drug-likeness (QED) is 0.805. The van der Waals surface area contributed by atoms with Crippen molar-refractivity contribution in [3.05, 3.63) is 35.4 Å². The molecule has 1 aliphatic heterocycles. The predicted octanol–water partition coefficient (Wildman–Crippen LogP) is 3.55. The molecular weight excluding hydrogens is 239 g/mol. The van der Waals surface area contributed by atoms with Crippen LogP contribution in [0, 0.1) is 0 Å². The minimum Gasteiger partial charge on any atom is -0.310 e. The van der Waals surface area contributed by atoms with Gasteiger partial charge in [-0.25, -0.2) is 0 Å². The van der Waals surface area contributed by atoms with Crippen LogP contribution in [0.4, 0.5) is 13.2 Å². The van der Waals surface area contributed by atoms with Crippen molar-refractivity contribution >= 4 is 12.4 Å². The van der Waals surface area contributed by atoms with Crippen LogP contribution < -0.4 is 5.32 Å². The van der Waals surface area contributed by atoms with E-state index in [4.69, 9.17) is 0 Å². The first-order chi connectivity index (χ1) is 7.07. The maximum Gasteiger partial charge on any atom is 0.416 e. The summed E-state index contributed by atoms with van der Waals surface area (Å²) >= 11 is 0. The van der Waals surface area contributed by atoms with Gasteiger partial charge in [-0.2, -0.15) is 13.2 Å². The van der Waals surface area contributed by atoms with Crippen LogP contribution >= 0.6 is 12.4 Å². The number of alkyl halides is 3. The Balaban J connectivity index is 0.00000128. The van der Waals surface area contributed by atoms with Crippen LogP contribution in [0.5, 0.6) is 0 Å². The number of hydrogen-bond donors (Lipinski definition) is 1. The molecule has 0 amide bonds. The maximum atomic E-state index is 12.4. The lowest BCUT2D eigenvalue weighted by Gasteiger charge is -2.13. The maximum absolute atomic E-state index is 12.4. The van der Waals surface area contributed by atoms with Crippen molar-refractivity contribution in [2.45, 2.75) is 25.1 Å². The Labute approximate surface area is 98.4 Å². The van der Waals surface area contributed by atoms with Gasteiger partial charge in [-0.05, 0) is 37.1 Å². The van der Waals surface area contributed by atoms with Gasteiger partial charge in [-0.15, -0.1) is 12.4 Å². The van der Waals surface area contributed by atoms with E-state index in [0.717, 1.165) is 31.0 Å². The smallest absolute Gasteiger partial charge is 0.310 e. The van der Waals surface area contributed by atoms with E-state index in [1.165, 1.54) is 12.1 Å². The lowest BCUT2D eigenvalue weighted by molar-refractivity contribution is -0.137. The monoisotopic (exact) mass is 251 g/mol. The van der Waals surface area contributed by atoms with E-state index in [1.807, 2.05) is 0 Å². The summed E-state index contributed by atoms with van der Waals surface area (Å²) in [5.41, 5.74) is 0.177. The van der Waals surface area contributed by atoms with Gasteiger partial charge in [-0.1, -0.05) is 12.1 Å². The largest absolute Gasteiger partial charge is 0.416 e. The molecule has 1 N–H and O–H groups in total. The number of rotatable bonds is 1. The molecule has 90 valence electrons. The SMILES string of the molecule is Cl.FC(F)(F)c1cccc(C2CCCN2)c1. The van der Waals surface area contributed by atoms with Crippen LogP contribution in [0.25, 0.3) is 0 Å². The van der Waals surface area contributed by atoms with E-state index in [-0.39, 0.29) is 18.4 Å². The highest BCUT2D eigenvalue weighted by Crippen LogP contribution is 2.32. The van der Waals surface area contributed by atoms with E-state index >= 15 is 0 Å². The molecule has 1 atom stereocenters. The lowest BCUT2D eigenvalue weighted by Crippen LogP contribution is -2.14. The minimum absolute atomic E-state index is 0. The van der Waals surface area contributed by atoms with Gasteiger partial charge >= 0.3 is 6.18 Å². The van der Waals surface area contributed by atoms with E-state index in [9.17, 15) is 13.2 Å². The fourth-order valence-corrected chi connectivity index (χ4v) is 1.90. The summed E-state index contributed by atoms with van der Waals surface area (Å²) in [5.74, 6) is 0. The van der Waals surface area contributed by atoms with Crippen LogP contribution in [0.3, 0.4) is 0 Å². The highest BCUT2D eigenvalue weighted by atomic mass is 35.5. The lowest BCUT2D eigenvalue weighted by atomic mass is 10.0. The summed E-state index contributed by atoms with van der Waals surface area (Å²) in [6.07, 6.45) is -2.29. The molecule has 16 heavy (non-hydrogen) atoms. The molecule has 0 bridgehead atoms. The molecule has 1 aromatic carbocycles. The Morgan fingerprint density at radius 2 is 2.00 bits per heavy atom. The first kappa shape index (κ1) is 13.3. The molecule has 0 saturated carbocycles. The first-order valence-corrected chi connectivity index (χ1v) is 4.98. The summed E-state index contributed by atoms with van der Waals surface area (Å²) in [5, 5.41) is 3.18. The summed E-state index contributed by atoms with van der Waals surface area (Å²) < 4.78 is 37.3. The van der Waals surface area contributed by atoms with Gasteiger partial charge in [0.1, 0.15) is 0 Å². The van der Waals surface area contributed by atoms with Crippen molar-refractivity contribution in [2.75, 3.05) is 6.54 Å². The topological polar surface area (TPSA) is 12.0 Å². The third-order valence-electron chi connectivity index (χ3n) is 2.68. The molecule has 0 aromatic heterocycles. The van der Waals surface area contributed by atoms with Crippen molar-refractivity contribution < 1.29 is 13.2 Å². The van der Waals surface area contributed by atoms with Crippen molar-refractivity contribution in [1.29, 1.82) is 0 Å². The molecule has 1 heterocycles. The van der Waals surface area contributed by atoms with Crippen molar-refractivity contribution in [1.82, 2.24) is 5.32 Å². The minimum atomic E-state index is -4.24. The number of benzene rings is 1. The summed E-state index contributed by atoms with van der Waals surface area (Å²) in [7, 11) is 0. The highest BCUT2D eigenvalue weighted by Gasteiger charge is 2.31. The van der Waals surface area contributed by atoms with Crippen LogP contribution in [-0.2, 0) is 6.18 Å². The molecule has 0 aliphatic carbocycles. The van der Waals surface area contributed by atoms with E-state index in [1.54, 1.807) is 6.07 Å². The Bertz CT molecular complexity index is 345. The van der Waals surface area contributed by atoms with E-state index in [0.29, 0.717) is 0 Å². The van der Waals surface area contributed by atoms with Crippen LogP contribution in [-0.4, -0.2) is 6.54 Å². The second-order valence-electron chi connectivity index (χ2n) is 3.77. The van der Waals surface area contributed by atoms with Gasteiger partial charge < -0.3 is 5.32 Å². The van der Waals surface area contributed by atoms with Gasteiger partial charge in [-0.3, -0.25) is 0 Å². The highest BCUT2D eigenvalue weighted by molar-refractivity contribution is 5.85. The van der Waals surface area contributed by atoms with Gasteiger partial charge in [0.15, 0.2) is 0 Å². The third kappa shape index (κ3) is 2.89. The molecule has 1 nitrogen and oxygen atoms in total. The van der Waals surface area contributed by atoms with E-state index in [2.05, 4.69) is 5.32 Å². The van der Waals surface area contributed by atoms with Gasteiger partial charge in [0.25, 0.3) is 0 Å². The molecule has 1 fully saturated rings. The van der Waals surface area contributed by atoms with Crippen LogP contribution in [0.15, 0.2) is 24.3 Å². The molecule has 1 unspecified atom stereocenters. The van der Waals surface area contributed by atoms with E-state index < -0.39 is 11.7 Å². The van der Waals surface area contributed by atoms with Gasteiger partial charge in [0.2, 0.25) is 0 Å². The standard InChI is InChI=1S/C11H12F3N.ClH/c12-11(13,14)9-4-1-3-8(7-9)10-5-2-6-15-10;/h1,3-4,7,10,15H,2,5-6H2;1H. The van der Waals surface area contributed by atoms with Crippen LogP contribution in [0.2, 0.25) is 0 Å². The molecule has 1 aromatic rings. The second-order valence-corrected chi connectivity index (χ2v) is 3.77. The Hall–Kier alpha value is -0.740. The number of halogens is 4. The third-order valence-corrected chi connectivity index (χ3v) is 2.68. The Morgan fingerprint density at radius 1 is 1.25 bits per heavy atom. The molecule has 0 radical (unpaired) electrons. The Morgan fingerprint density at radius 3 is 2.56 bits per heavy atom. The molecule has 1 saturated heterocycles. The van der Waals surface area contributed by atoms with Crippen molar-refractivity contribution in [3.8, 4) is 0 Å². The zero-order valence-electron chi connectivity index (χ0n) is 8.55. The predicted molar refractivity (Wildman–Crippen MR) is 58.7 cm³/mol. The Kier molecular flexibility index (Phi) is 4.21. The van der Waals surface area contributed by atoms with Crippen molar-refractivity contribution in [2.24, 2.45) is 0 Å².